The molecule has 3 unspecified atom stereocenters. The average molecular weight is 265 g/mol. The summed E-state index contributed by atoms with van der Waals surface area (Å²) >= 11 is 0. The van der Waals surface area contributed by atoms with Gasteiger partial charge in [-0.3, -0.25) is 9.59 Å². The van der Waals surface area contributed by atoms with Gasteiger partial charge in [0.1, 0.15) is 0 Å². The first-order chi connectivity index (χ1) is 8.94. The Balaban J connectivity index is 1.67. The van der Waals surface area contributed by atoms with Crippen molar-refractivity contribution in [3.05, 3.63) is 0 Å². The molecule has 3 fully saturated rings. The molecule has 1 heterocycles. The summed E-state index contributed by atoms with van der Waals surface area (Å²) in [7, 11) is 0. The van der Waals surface area contributed by atoms with E-state index < -0.39 is 11.4 Å². The minimum Gasteiger partial charge on any atom is -0.481 e. The van der Waals surface area contributed by atoms with E-state index >= 15 is 0 Å². The maximum absolute atomic E-state index is 12.5. The number of carbonyl (C=O) groups excluding carboxylic acids is 1. The average Bonchev–Trinajstić information content (AvgIpc) is 2.82. The highest BCUT2D eigenvalue weighted by atomic mass is 16.4. The van der Waals surface area contributed by atoms with Gasteiger partial charge in [0.2, 0.25) is 5.91 Å². The van der Waals surface area contributed by atoms with E-state index in [9.17, 15) is 14.7 Å². The van der Waals surface area contributed by atoms with Crippen molar-refractivity contribution in [1.82, 2.24) is 4.90 Å². The summed E-state index contributed by atoms with van der Waals surface area (Å²) < 4.78 is 0. The van der Waals surface area contributed by atoms with E-state index in [1.807, 2.05) is 18.7 Å². The Morgan fingerprint density at radius 2 is 1.84 bits per heavy atom. The summed E-state index contributed by atoms with van der Waals surface area (Å²) in [6, 6.07) is 0. The maximum Gasteiger partial charge on any atom is 0.311 e. The standard InChI is InChI=1S/C15H23NO3/c1-9(2)15(14(18)19)3-4-16(8-15)13(17)12-6-10-5-11(10)7-12/h9-12H,3-8H2,1-2H3,(H,18,19). The number of carboxylic acid groups (broad SMARTS) is 1. The molecule has 3 atom stereocenters. The van der Waals surface area contributed by atoms with Crippen LogP contribution in [0.3, 0.4) is 0 Å². The van der Waals surface area contributed by atoms with Gasteiger partial charge in [0.15, 0.2) is 0 Å². The Hall–Kier alpha value is -1.06. The second kappa shape index (κ2) is 4.22. The zero-order valence-corrected chi connectivity index (χ0v) is 11.8. The fourth-order valence-corrected chi connectivity index (χ4v) is 4.09. The first-order valence-electron chi connectivity index (χ1n) is 7.46. The molecule has 2 aliphatic carbocycles. The second-order valence-corrected chi connectivity index (χ2v) is 7.05. The molecule has 19 heavy (non-hydrogen) atoms. The Labute approximate surface area is 114 Å². The number of amides is 1. The zero-order valence-electron chi connectivity index (χ0n) is 11.8. The lowest BCUT2D eigenvalue weighted by atomic mass is 9.76. The molecule has 4 heteroatoms. The molecule has 3 rings (SSSR count). The van der Waals surface area contributed by atoms with Crippen molar-refractivity contribution in [2.45, 2.75) is 39.5 Å². The predicted molar refractivity (Wildman–Crippen MR) is 70.4 cm³/mol. The van der Waals surface area contributed by atoms with Gasteiger partial charge in [-0.2, -0.15) is 0 Å². The third-order valence-corrected chi connectivity index (χ3v) is 5.74. The zero-order chi connectivity index (χ0) is 13.8. The summed E-state index contributed by atoms with van der Waals surface area (Å²) in [4.78, 5) is 25.9. The number of carboxylic acids is 1. The number of rotatable bonds is 3. The van der Waals surface area contributed by atoms with E-state index in [1.165, 1.54) is 6.42 Å². The molecule has 0 aromatic heterocycles. The number of hydrogen-bond donors (Lipinski definition) is 1. The SMILES string of the molecule is CC(C)C1(C(=O)O)CCN(C(=O)C2CC3CC3C2)C1. The lowest BCUT2D eigenvalue weighted by Crippen LogP contribution is -2.42. The normalized spacial score (nSPS) is 40.6. The van der Waals surface area contributed by atoms with E-state index in [1.54, 1.807) is 0 Å². The van der Waals surface area contributed by atoms with Gasteiger partial charge in [-0.25, -0.2) is 0 Å². The van der Waals surface area contributed by atoms with Crippen LogP contribution in [0, 0.1) is 29.1 Å². The summed E-state index contributed by atoms with van der Waals surface area (Å²) in [6.07, 6.45) is 4.00. The van der Waals surface area contributed by atoms with E-state index in [4.69, 9.17) is 0 Å². The van der Waals surface area contributed by atoms with E-state index in [-0.39, 0.29) is 17.7 Å². The number of likely N-dealkylation sites (tertiary alicyclic amines) is 1. The minimum atomic E-state index is -0.743. The van der Waals surface area contributed by atoms with Crippen LogP contribution in [0.15, 0.2) is 0 Å². The van der Waals surface area contributed by atoms with E-state index in [0.717, 1.165) is 24.7 Å². The van der Waals surface area contributed by atoms with Crippen LogP contribution in [0.25, 0.3) is 0 Å². The molecule has 106 valence electrons. The number of aliphatic carboxylic acids is 1. The van der Waals surface area contributed by atoms with Crippen LogP contribution in [0.4, 0.5) is 0 Å². The summed E-state index contributed by atoms with van der Waals surface area (Å²) in [6.45, 7) is 4.93. The summed E-state index contributed by atoms with van der Waals surface area (Å²) in [5.74, 6) is 1.32. The highest BCUT2D eigenvalue weighted by molar-refractivity contribution is 5.82. The molecule has 0 bridgehead atoms. The van der Waals surface area contributed by atoms with Gasteiger partial charge in [0.25, 0.3) is 0 Å². The highest BCUT2D eigenvalue weighted by Crippen LogP contribution is 2.55. The van der Waals surface area contributed by atoms with Crippen molar-refractivity contribution in [2.24, 2.45) is 29.1 Å². The van der Waals surface area contributed by atoms with Gasteiger partial charge in [-0.05, 0) is 43.4 Å². The van der Waals surface area contributed by atoms with Crippen molar-refractivity contribution in [1.29, 1.82) is 0 Å². The van der Waals surface area contributed by atoms with E-state index in [2.05, 4.69) is 0 Å². The van der Waals surface area contributed by atoms with Gasteiger partial charge in [0.05, 0.1) is 5.41 Å². The van der Waals surface area contributed by atoms with Crippen LogP contribution in [0.2, 0.25) is 0 Å². The molecule has 0 radical (unpaired) electrons. The number of nitrogens with zero attached hydrogens (tertiary/aromatic N) is 1. The molecule has 1 aliphatic heterocycles. The molecule has 1 amide bonds. The highest BCUT2D eigenvalue weighted by Gasteiger charge is 2.52. The van der Waals surface area contributed by atoms with Crippen LogP contribution in [-0.2, 0) is 9.59 Å². The molecule has 0 aromatic carbocycles. The first-order valence-corrected chi connectivity index (χ1v) is 7.46. The van der Waals surface area contributed by atoms with E-state index in [0.29, 0.717) is 19.5 Å². The first kappa shape index (κ1) is 12.9. The van der Waals surface area contributed by atoms with Crippen LogP contribution in [0.5, 0.6) is 0 Å². The molecule has 1 N–H and O–H groups in total. The molecule has 0 aromatic rings. The Morgan fingerprint density at radius 3 is 2.32 bits per heavy atom. The van der Waals surface area contributed by atoms with Gasteiger partial charge < -0.3 is 10.0 Å². The molecule has 3 aliphatic rings. The predicted octanol–water partition coefficient (Wildman–Crippen LogP) is 1.99. The third kappa shape index (κ3) is 1.96. The lowest BCUT2D eigenvalue weighted by molar-refractivity contribution is -0.151. The molecular formula is C15H23NO3. The molecule has 4 nitrogen and oxygen atoms in total. The van der Waals surface area contributed by atoms with Crippen LogP contribution >= 0.6 is 0 Å². The smallest absolute Gasteiger partial charge is 0.311 e. The summed E-state index contributed by atoms with van der Waals surface area (Å²) in [5.41, 5.74) is -0.725. The number of hydrogen-bond acceptors (Lipinski definition) is 2. The lowest BCUT2D eigenvalue weighted by Gasteiger charge is -2.29. The molecular weight excluding hydrogens is 242 g/mol. The fraction of sp³-hybridized carbons (Fsp3) is 0.867. The molecule has 0 spiro atoms. The monoisotopic (exact) mass is 265 g/mol. The van der Waals surface area contributed by atoms with Crippen molar-refractivity contribution >= 4 is 11.9 Å². The van der Waals surface area contributed by atoms with Crippen molar-refractivity contribution in [3.63, 3.8) is 0 Å². The Morgan fingerprint density at radius 1 is 1.21 bits per heavy atom. The van der Waals surface area contributed by atoms with Crippen molar-refractivity contribution < 1.29 is 14.7 Å². The van der Waals surface area contributed by atoms with Crippen molar-refractivity contribution in [2.75, 3.05) is 13.1 Å². The molecule has 2 saturated carbocycles. The van der Waals surface area contributed by atoms with Gasteiger partial charge >= 0.3 is 5.97 Å². The summed E-state index contributed by atoms with van der Waals surface area (Å²) in [5, 5.41) is 9.51. The van der Waals surface area contributed by atoms with Crippen LogP contribution < -0.4 is 0 Å². The largest absolute Gasteiger partial charge is 0.481 e. The minimum absolute atomic E-state index is 0.0692. The van der Waals surface area contributed by atoms with Crippen LogP contribution in [-0.4, -0.2) is 35.0 Å². The molecule has 1 saturated heterocycles. The quantitative estimate of drug-likeness (QED) is 0.849. The Kier molecular flexibility index (Phi) is 2.88. The topological polar surface area (TPSA) is 57.6 Å². The van der Waals surface area contributed by atoms with Gasteiger partial charge in [-0.1, -0.05) is 13.8 Å². The fourth-order valence-electron chi connectivity index (χ4n) is 4.09. The number of fused-ring (bicyclic) bond motifs is 1. The number of carbonyl (C=O) groups is 2. The van der Waals surface area contributed by atoms with Crippen molar-refractivity contribution in [3.8, 4) is 0 Å². The van der Waals surface area contributed by atoms with Gasteiger partial charge in [-0.15, -0.1) is 0 Å². The third-order valence-electron chi connectivity index (χ3n) is 5.74. The van der Waals surface area contributed by atoms with Gasteiger partial charge in [0, 0.05) is 19.0 Å². The Bertz CT molecular complexity index is 410. The van der Waals surface area contributed by atoms with Crippen LogP contribution in [0.1, 0.15) is 39.5 Å². The maximum atomic E-state index is 12.5. The second-order valence-electron chi connectivity index (χ2n) is 7.05.